The summed E-state index contributed by atoms with van der Waals surface area (Å²) in [5.41, 5.74) is 6.01. The van der Waals surface area contributed by atoms with Gasteiger partial charge in [0.1, 0.15) is 5.69 Å². The lowest BCUT2D eigenvalue weighted by molar-refractivity contribution is 1.09. The van der Waals surface area contributed by atoms with Crippen LogP contribution in [0.3, 0.4) is 0 Å². The van der Waals surface area contributed by atoms with Crippen molar-refractivity contribution in [2.45, 2.75) is 0 Å². The molecule has 3 heterocycles. The quantitative estimate of drug-likeness (QED) is 0.464. The molecule has 0 radical (unpaired) electrons. The SMILES string of the molecule is c1ccc(-c2c(-c3nc4ccccc4[nH]3)n[nH]c2-c2cccs2)cc1. The Hall–Kier alpha value is -3.18. The van der Waals surface area contributed by atoms with E-state index in [9.17, 15) is 0 Å². The molecule has 0 aliphatic carbocycles. The van der Waals surface area contributed by atoms with Crippen LogP contribution in [0.4, 0.5) is 0 Å². The first-order chi connectivity index (χ1) is 12.4. The van der Waals surface area contributed by atoms with Gasteiger partial charge in [-0.1, -0.05) is 48.5 Å². The Balaban J connectivity index is 1.77. The van der Waals surface area contributed by atoms with Gasteiger partial charge < -0.3 is 4.98 Å². The first-order valence-corrected chi connectivity index (χ1v) is 8.91. The Kier molecular flexibility index (Phi) is 3.24. The van der Waals surface area contributed by atoms with Gasteiger partial charge in [-0.2, -0.15) is 5.10 Å². The molecular formula is C20H14N4S. The van der Waals surface area contributed by atoms with Crippen LogP contribution < -0.4 is 0 Å². The number of thiophene rings is 1. The fourth-order valence-corrected chi connectivity index (χ4v) is 3.79. The lowest BCUT2D eigenvalue weighted by Crippen LogP contribution is -1.86. The molecule has 0 aliphatic heterocycles. The molecule has 2 aromatic carbocycles. The van der Waals surface area contributed by atoms with Crippen LogP contribution >= 0.6 is 11.3 Å². The van der Waals surface area contributed by atoms with Gasteiger partial charge in [-0.25, -0.2) is 4.98 Å². The van der Waals surface area contributed by atoms with Crippen LogP contribution in [-0.4, -0.2) is 20.2 Å². The van der Waals surface area contributed by atoms with Gasteiger partial charge in [0.25, 0.3) is 0 Å². The number of para-hydroxylation sites is 2. The number of benzene rings is 2. The molecule has 0 bridgehead atoms. The third kappa shape index (κ3) is 2.37. The molecule has 0 amide bonds. The van der Waals surface area contributed by atoms with E-state index in [4.69, 9.17) is 4.98 Å². The van der Waals surface area contributed by atoms with E-state index in [1.807, 2.05) is 42.5 Å². The third-order valence-corrected chi connectivity index (χ3v) is 5.10. The van der Waals surface area contributed by atoms with E-state index >= 15 is 0 Å². The van der Waals surface area contributed by atoms with Gasteiger partial charge in [0.2, 0.25) is 0 Å². The average molecular weight is 342 g/mol. The molecule has 5 heteroatoms. The molecule has 0 atom stereocenters. The van der Waals surface area contributed by atoms with Crippen molar-refractivity contribution in [2.24, 2.45) is 0 Å². The summed E-state index contributed by atoms with van der Waals surface area (Å²) in [6.07, 6.45) is 0. The third-order valence-electron chi connectivity index (χ3n) is 4.21. The number of fused-ring (bicyclic) bond motifs is 1. The average Bonchev–Trinajstić information content (AvgIpc) is 3.39. The van der Waals surface area contributed by atoms with E-state index < -0.39 is 0 Å². The van der Waals surface area contributed by atoms with Crippen molar-refractivity contribution in [3.63, 3.8) is 0 Å². The molecule has 0 fully saturated rings. The predicted octanol–water partition coefficient (Wildman–Crippen LogP) is 5.35. The Morgan fingerprint density at radius 3 is 2.48 bits per heavy atom. The number of nitrogens with one attached hydrogen (secondary N) is 2. The minimum Gasteiger partial charge on any atom is -0.337 e. The molecule has 0 spiro atoms. The lowest BCUT2D eigenvalue weighted by Gasteiger charge is -2.04. The zero-order valence-corrected chi connectivity index (χ0v) is 14.0. The first kappa shape index (κ1) is 14.2. The number of H-pyrrole nitrogens is 2. The minimum absolute atomic E-state index is 0.777. The summed E-state index contributed by atoms with van der Waals surface area (Å²) in [5, 5.41) is 9.90. The fraction of sp³-hybridized carbons (Fsp3) is 0. The van der Waals surface area contributed by atoms with Crippen molar-refractivity contribution in [2.75, 3.05) is 0 Å². The van der Waals surface area contributed by atoms with Crippen molar-refractivity contribution < 1.29 is 0 Å². The normalized spacial score (nSPS) is 11.2. The van der Waals surface area contributed by atoms with E-state index in [-0.39, 0.29) is 0 Å². The van der Waals surface area contributed by atoms with Gasteiger partial charge in [0.15, 0.2) is 5.82 Å². The van der Waals surface area contributed by atoms with Gasteiger partial charge in [-0.05, 0) is 29.1 Å². The van der Waals surface area contributed by atoms with E-state index in [0.717, 1.165) is 44.2 Å². The minimum atomic E-state index is 0.777. The van der Waals surface area contributed by atoms with Gasteiger partial charge >= 0.3 is 0 Å². The maximum absolute atomic E-state index is 4.73. The van der Waals surface area contributed by atoms with Gasteiger partial charge in [-0.15, -0.1) is 11.3 Å². The van der Waals surface area contributed by atoms with Crippen molar-refractivity contribution in [1.29, 1.82) is 0 Å². The largest absolute Gasteiger partial charge is 0.337 e. The van der Waals surface area contributed by atoms with Gasteiger partial charge in [-0.3, -0.25) is 5.10 Å². The Bertz CT molecular complexity index is 1100. The summed E-state index contributed by atoms with van der Waals surface area (Å²) in [7, 11) is 0. The van der Waals surface area contributed by atoms with Gasteiger partial charge in [0.05, 0.1) is 21.6 Å². The van der Waals surface area contributed by atoms with E-state index in [1.165, 1.54) is 0 Å². The molecule has 5 aromatic rings. The first-order valence-electron chi connectivity index (χ1n) is 8.03. The number of nitrogens with zero attached hydrogens (tertiary/aromatic N) is 2. The highest BCUT2D eigenvalue weighted by Gasteiger charge is 2.20. The molecule has 0 unspecified atom stereocenters. The van der Waals surface area contributed by atoms with E-state index in [2.05, 4.69) is 44.8 Å². The number of rotatable bonds is 3. The van der Waals surface area contributed by atoms with Crippen LogP contribution in [-0.2, 0) is 0 Å². The zero-order valence-electron chi connectivity index (χ0n) is 13.2. The van der Waals surface area contributed by atoms with Crippen LogP contribution in [0.15, 0.2) is 72.1 Å². The Labute approximate surface area is 148 Å². The molecule has 0 saturated heterocycles. The summed E-state index contributed by atoms with van der Waals surface area (Å²) in [6.45, 7) is 0. The van der Waals surface area contributed by atoms with E-state index in [0.29, 0.717) is 0 Å². The van der Waals surface area contributed by atoms with Crippen LogP contribution in [0.2, 0.25) is 0 Å². The molecule has 0 saturated carbocycles. The maximum Gasteiger partial charge on any atom is 0.159 e. The van der Waals surface area contributed by atoms with Crippen molar-refractivity contribution in [3.05, 3.63) is 72.1 Å². The monoisotopic (exact) mass is 342 g/mol. The second-order valence-corrected chi connectivity index (χ2v) is 6.72. The summed E-state index contributed by atoms with van der Waals surface area (Å²) in [6, 6.07) is 22.5. The number of hydrogen-bond donors (Lipinski definition) is 2. The van der Waals surface area contributed by atoms with Crippen LogP contribution in [0.5, 0.6) is 0 Å². The number of aromatic amines is 2. The Morgan fingerprint density at radius 2 is 1.68 bits per heavy atom. The Morgan fingerprint density at radius 1 is 0.840 bits per heavy atom. The second kappa shape index (κ2) is 5.72. The molecule has 4 nitrogen and oxygen atoms in total. The summed E-state index contributed by atoms with van der Waals surface area (Å²) in [5.74, 6) is 0.777. The number of imidazole rings is 1. The number of hydrogen-bond acceptors (Lipinski definition) is 3. The van der Waals surface area contributed by atoms with Crippen molar-refractivity contribution >= 4 is 22.4 Å². The zero-order chi connectivity index (χ0) is 16.6. The smallest absolute Gasteiger partial charge is 0.159 e. The van der Waals surface area contributed by atoms with Crippen LogP contribution in [0.25, 0.3) is 44.2 Å². The molecule has 120 valence electrons. The summed E-state index contributed by atoms with van der Waals surface area (Å²) < 4.78 is 0. The lowest BCUT2D eigenvalue weighted by atomic mass is 10.0. The van der Waals surface area contributed by atoms with Crippen LogP contribution in [0, 0.1) is 0 Å². The predicted molar refractivity (Wildman–Crippen MR) is 102 cm³/mol. The maximum atomic E-state index is 4.73. The number of aromatic nitrogens is 4. The highest BCUT2D eigenvalue weighted by atomic mass is 32.1. The molecular weight excluding hydrogens is 328 g/mol. The van der Waals surface area contributed by atoms with Crippen molar-refractivity contribution in [3.8, 4) is 33.2 Å². The second-order valence-electron chi connectivity index (χ2n) is 5.77. The molecule has 5 rings (SSSR count). The van der Waals surface area contributed by atoms with Gasteiger partial charge in [0, 0.05) is 5.56 Å². The van der Waals surface area contributed by atoms with Crippen LogP contribution in [0.1, 0.15) is 0 Å². The summed E-state index contributed by atoms with van der Waals surface area (Å²) in [4.78, 5) is 9.28. The molecule has 0 aliphatic rings. The molecule has 3 aromatic heterocycles. The highest BCUT2D eigenvalue weighted by molar-refractivity contribution is 7.13. The summed E-state index contributed by atoms with van der Waals surface area (Å²) >= 11 is 1.70. The van der Waals surface area contributed by atoms with Crippen molar-refractivity contribution in [1.82, 2.24) is 20.2 Å². The fourth-order valence-electron chi connectivity index (χ4n) is 3.06. The topological polar surface area (TPSA) is 57.4 Å². The highest BCUT2D eigenvalue weighted by Crippen LogP contribution is 2.39. The molecule has 25 heavy (non-hydrogen) atoms. The standard InChI is InChI=1S/C20H14N4S/c1-2-7-13(8-3-1)17-18(16-11-6-12-25-16)23-24-19(17)20-21-14-9-4-5-10-15(14)22-20/h1-12H,(H,21,22)(H,23,24). The molecule has 2 N–H and O–H groups in total. The van der Waals surface area contributed by atoms with E-state index in [1.54, 1.807) is 11.3 Å².